The second-order valence-corrected chi connectivity index (χ2v) is 4.56. The fourth-order valence-electron chi connectivity index (χ4n) is 2.17. The molecule has 0 heterocycles. The van der Waals surface area contributed by atoms with E-state index in [1.807, 2.05) is 0 Å². The van der Waals surface area contributed by atoms with Gasteiger partial charge >= 0.3 is 0 Å². The van der Waals surface area contributed by atoms with Gasteiger partial charge in [-0.15, -0.1) is 0 Å². The van der Waals surface area contributed by atoms with Crippen LogP contribution in [0, 0.1) is 5.41 Å². The van der Waals surface area contributed by atoms with Gasteiger partial charge in [-0.3, -0.25) is 0 Å². The van der Waals surface area contributed by atoms with Crippen molar-refractivity contribution in [3.63, 3.8) is 0 Å². The molecule has 0 aliphatic carbocycles. The minimum Gasteiger partial charge on any atom is -0.330 e. The van der Waals surface area contributed by atoms with E-state index in [-0.39, 0.29) is 5.41 Å². The predicted molar refractivity (Wildman–Crippen MR) is 65.8 cm³/mol. The first-order valence-electron chi connectivity index (χ1n) is 6.00. The summed E-state index contributed by atoms with van der Waals surface area (Å²) in [5.74, 6) is -1.09. The molecule has 0 spiro atoms. The summed E-state index contributed by atoms with van der Waals surface area (Å²) in [5.41, 5.74) is 23.1. The smallest absolute Gasteiger partial charge is 0.121 e. The first-order chi connectivity index (χ1) is 6.93. The molecule has 0 saturated carbocycles. The lowest BCUT2D eigenvalue weighted by molar-refractivity contribution is 0.0896. The lowest BCUT2D eigenvalue weighted by Gasteiger charge is -2.43. The largest absolute Gasteiger partial charge is 0.330 e. The lowest BCUT2D eigenvalue weighted by Crippen LogP contribution is -2.69. The van der Waals surface area contributed by atoms with E-state index >= 15 is 0 Å². The predicted octanol–water partition coefficient (Wildman–Crippen LogP) is 0.842. The fourth-order valence-corrected chi connectivity index (χ4v) is 2.17. The van der Waals surface area contributed by atoms with Crippen molar-refractivity contribution >= 4 is 0 Å². The van der Waals surface area contributed by atoms with Gasteiger partial charge in [-0.1, -0.05) is 26.7 Å². The molecule has 0 fully saturated rings. The van der Waals surface area contributed by atoms with E-state index in [4.69, 9.17) is 22.9 Å². The van der Waals surface area contributed by atoms with Crippen molar-refractivity contribution in [1.29, 1.82) is 0 Å². The van der Waals surface area contributed by atoms with E-state index in [0.717, 1.165) is 38.5 Å². The lowest BCUT2D eigenvalue weighted by atomic mass is 9.71. The molecule has 1 atom stereocenters. The maximum absolute atomic E-state index is 5.92. The van der Waals surface area contributed by atoms with Crippen molar-refractivity contribution in [2.45, 2.75) is 58.2 Å². The highest BCUT2D eigenvalue weighted by Gasteiger charge is 2.41. The molecule has 1 unspecified atom stereocenters. The Hall–Kier alpha value is -0.160. The van der Waals surface area contributed by atoms with E-state index in [1.54, 1.807) is 0 Å². The number of rotatable bonds is 8. The average Bonchev–Trinajstić information content (AvgIpc) is 2.17. The van der Waals surface area contributed by atoms with Gasteiger partial charge in [0.25, 0.3) is 0 Å². The van der Waals surface area contributed by atoms with Crippen LogP contribution in [0.25, 0.3) is 0 Å². The summed E-state index contributed by atoms with van der Waals surface area (Å²) in [7, 11) is 0. The minimum absolute atomic E-state index is 0.164. The van der Waals surface area contributed by atoms with Crippen LogP contribution in [0.1, 0.15) is 52.4 Å². The van der Waals surface area contributed by atoms with Crippen LogP contribution in [-0.4, -0.2) is 12.3 Å². The highest BCUT2D eigenvalue weighted by atomic mass is 15.1. The summed E-state index contributed by atoms with van der Waals surface area (Å²) in [5, 5.41) is 0. The molecule has 8 N–H and O–H groups in total. The van der Waals surface area contributed by atoms with Crippen molar-refractivity contribution in [3.05, 3.63) is 0 Å². The quantitative estimate of drug-likeness (QED) is 0.451. The molecule has 0 aromatic rings. The van der Waals surface area contributed by atoms with Gasteiger partial charge in [-0.05, 0) is 32.2 Å². The van der Waals surface area contributed by atoms with Crippen LogP contribution in [0.2, 0.25) is 0 Å². The molecule has 4 heteroatoms. The molecule has 0 bridgehead atoms. The van der Waals surface area contributed by atoms with Gasteiger partial charge in [0.05, 0.1) is 0 Å². The molecule has 0 aliphatic heterocycles. The van der Waals surface area contributed by atoms with Crippen LogP contribution >= 0.6 is 0 Å². The van der Waals surface area contributed by atoms with Gasteiger partial charge < -0.3 is 22.9 Å². The Morgan fingerprint density at radius 2 is 1.47 bits per heavy atom. The summed E-state index contributed by atoms with van der Waals surface area (Å²) < 4.78 is 0. The van der Waals surface area contributed by atoms with Gasteiger partial charge in [0.1, 0.15) is 5.79 Å². The molecule has 0 saturated heterocycles. The first kappa shape index (κ1) is 14.8. The van der Waals surface area contributed by atoms with Gasteiger partial charge in [-0.2, -0.15) is 0 Å². The third-order valence-electron chi connectivity index (χ3n) is 3.46. The minimum atomic E-state index is -1.09. The molecule has 92 valence electrons. The summed E-state index contributed by atoms with van der Waals surface area (Å²) in [4.78, 5) is 0. The average molecular weight is 216 g/mol. The molecule has 4 nitrogen and oxygen atoms in total. The molecule has 15 heavy (non-hydrogen) atoms. The highest BCUT2D eigenvalue weighted by Crippen LogP contribution is 2.38. The molecule has 0 radical (unpaired) electrons. The Balaban J connectivity index is 4.60. The molecule has 0 aromatic heterocycles. The summed E-state index contributed by atoms with van der Waals surface area (Å²) in [6.07, 6.45) is 6.01. The zero-order valence-corrected chi connectivity index (χ0v) is 10.3. The van der Waals surface area contributed by atoms with Crippen molar-refractivity contribution < 1.29 is 0 Å². The second kappa shape index (κ2) is 6.43. The zero-order valence-electron chi connectivity index (χ0n) is 10.3. The van der Waals surface area contributed by atoms with Crippen molar-refractivity contribution in [1.82, 2.24) is 0 Å². The summed E-state index contributed by atoms with van der Waals surface area (Å²) in [6.45, 7) is 4.94. The van der Waals surface area contributed by atoms with E-state index < -0.39 is 5.79 Å². The van der Waals surface area contributed by atoms with Crippen LogP contribution in [0.15, 0.2) is 0 Å². The Morgan fingerprint density at radius 3 is 1.80 bits per heavy atom. The van der Waals surface area contributed by atoms with Gasteiger partial charge in [0.15, 0.2) is 0 Å². The van der Waals surface area contributed by atoms with Crippen LogP contribution in [0.4, 0.5) is 0 Å². The second-order valence-electron chi connectivity index (χ2n) is 4.56. The topological polar surface area (TPSA) is 104 Å². The van der Waals surface area contributed by atoms with Crippen molar-refractivity contribution in [2.24, 2.45) is 28.3 Å². The first-order valence-corrected chi connectivity index (χ1v) is 6.00. The maximum atomic E-state index is 5.92. The Kier molecular flexibility index (Phi) is 6.36. The SMILES string of the molecule is CCCCC(CC)(CCCN)C(N)(N)N. The summed E-state index contributed by atoms with van der Waals surface area (Å²) >= 11 is 0. The van der Waals surface area contributed by atoms with Crippen molar-refractivity contribution in [2.75, 3.05) is 6.54 Å². The zero-order chi connectivity index (χ0) is 11.9. The van der Waals surface area contributed by atoms with Gasteiger partial charge in [-0.25, -0.2) is 0 Å². The van der Waals surface area contributed by atoms with Gasteiger partial charge in [0, 0.05) is 5.41 Å². The third-order valence-corrected chi connectivity index (χ3v) is 3.46. The van der Waals surface area contributed by atoms with E-state index in [9.17, 15) is 0 Å². The third kappa shape index (κ3) is 4.07. The Bertz CT molecular complexity index is 154. The number of hydrogen-bond donors (Lipinski definition) is 4. The van der Waals surface area contributed by atoms with E-state index in [0.29, 0.717) is 6.54 Å². The number of nitrogens with two attached hydrogens (primary N) is 4. The van der Waals surface area contributed by atoms with E-state index in [2.05, 4.69) is 13.8 Å². The molecule has 0 amide bonds. The normalized spacial score (nSPS) is 16.4. The fraction of sp³-hybridized carbons (Fsp3) is 1.00. The van der Waals surface area contributed by atoms with Crippen LogP contribution < -0.4 is 22.9 Å². The monoisotopic (exact) mass is 216 g/mol. The van der Waals surface area contributed by atoms with E-state index in [1.165, 1.54) is 0 Å². The van der Waals surface area contributed by atoms with Gasteiger partial charge in [0.2, 0.25) is 0 Å². The number of hydrogen-bond acceptors (Lipinski definition) is 4. The van der Waals surface area contributed by atoms with Crippen LogP contribution in [-0.2, 0) is 0 Å². The molecule has 0 aromatic carbocycles. The molecule has 0 aliphatic rings. The molecular weight excluding hydrogens is 188 g/mol. The van der Waals surface area contributed by atoms with Crippen LogP contribution in [0.5, 0.6) is 0 Å². The molecular formula is C11H28N4. The molecule has 0 rings (SSSR count). The summed E-state index contributed by atoms with van der Waals surface area (Å²) in [6, 6.07) is 0. The Morgan fingerprint density at radius 1 is 0.933 bits per heavy atom. The standard InChI is InChI=1S/C11H28N4/c1-3-5-7-10(4-2,8-6-9-12)11(13,14)15/h3-9,12-15H2,1-2H3. The maximum Gasteiger partial charge on any atom is 0.121 e. The Labute approximate surface area is 93.7 Å². The van der Waals surface area contributed by atoms with Crippen molar-refractivity contribution in [3.8, 4) is 0 Å². The highest BCUT2D eigenvalue weighted by molar-refractivity contribution is 4.93. The van der Waals surface area contributed by atoms with Crippen LogP contribution in [0.3, 0.4) is 0 Å². The number of unbranched alkanes of at least 4 members (excludes halogenated alkanes) is 1.